The first-order valence-electron chi connectivity index (χ1n) is 27.3. The number of nitrogens with one attached hydrogen (secondary N) is 8. The molecule has 4 aromatic carbocycles. The number of aromatic hydroxyl groups is 1. The van der Waals surface area contributed by atoms with Crippen molar-refractivity contribution in [2.24, 2.45) is 23.1 Å². The van der Waals surface area contributed by atoms with Crippen LogP contribution >= 0.6 is 11.8 Å². The molecule has 0 bridgehead atoms. The Balaban J connectivity index is 0.000000817. The van der Waals surface area contributed by atoms with Crippen LogP contribution in [0.4, 0.5) is 0 Å². The number of primary amides is 1. The van der Waals surface area contributed by atoms with Crippen molar-refractivity contribution in [3.8, 4) is 5.75 Å². The summed E-state index contributed by atoms with van der Waals surface area (Å²) in [5.74, 6) is -7.56. The number of aromatic amines is 2. The molecule has 1 aliphatic heterocycles. The van der Waals surface area contributed by atoms with Crippen LogP contribution in [0.25, 0.3) is 21.8 Å². The maximum absolute atomic E-state index is 14.6. The molecule has 1 aliphatic rings. The number of carbonyl (C=O) groups excluding carboxylic acids is 6. The number of rotatable bonds is 18. The zero-order valence-electron chi connectivity index (χ0n) is 46.3. The average molecular weight is 1160 g/mol. The first-order valence-corrected chi connectivity index (χ1v) is 28.4. The molecule has 22 nitrogen and oxygen atoms in total. The summed E-state index contributed by atoms with van der Waals surface area (Å²) < 4.78 is 0. The van der Waals surface area contributed by atoms with Crippen LogP contribution in [0.1, 0.15) is 68.2 Å². The maximum atomic E-state index is 14.6. The Morgan fingerprint density at radius 1 is 0.699 bits per heavy atom. The Bertz CT molecular complexity index is 3210. The van der Waals surface area contributed by atoms with Gasteiger partial charge in [-0.1, -0.05) is 48.5 Å². The van der Waals surface area contributed by atoms with Crippen molar-refractivity contribution in [2.75, 3.05) is 12.3 Å². The molecule has 1 fully saturated rings. The third-order valence-corrected chi connectivity index (χ3v) is 15.3. The molecule has 7 rings (SSSR count). The van der Waals surface area contributed by atoms with E-state index in [-0.39, 0.29) is 49.2 Å². The van der Waals surface area contributed by atoms with E-state index in [1.807, 2.05) is 66.7 Å². The van der Waals surface area contributed by atoms with Gasteiger partial charge in [0.05, 0.1) is 6.04 Å². The number of amides is 6. The van der Waals surface area contributed by atoms with Gasteiger partial charge >= 0.3 is 372 Å². The minimum atomic E-state index is -1.60. The first-order chi connectivity index (χ1) is 39.7. The van der Waals surface area contributed by atoms with Crippen molar-refractivity contribution in [2.45, 2.75) is 119 Å². The molecule has 24 heteroatoms. The number of thioether (sulfide) groups is 1. The van der Waals surface area contributed by atoms with E-state index in [0.717, 1.165) is 39.1 Å². The fourth-order valence-electron chi connectivity index (χ4n) is 9.43. The summed E-state index contributed by atoms with van der Waals surface area (Å²) in [4.78, 5) is 114. The van der Waals surface area contributed by atoms with E-state index in [2.05, 4.69) is 41.9 Å². The van der Waals surface area contributed by atoms with Crippen LogP contribution in [0.5, 0.6) is 5.75 Å². The Labute approximate surface area is 485 Å². The van der Waals surface area contributed by atoms with E-state index in [1.165, 1.54) is 12.1 Å². The molecular weight excluding hydrogens is 1080 g/mol. The van der Waals surface area contributed by atoms with E-state index in [1.54, 1.807) is 50.5 Å². The molecule has 1 saturated heterocycles. The van der Waals surface area contributed by atoms with E-state index in [9.17, 15) is 53.7 Å². The number of aliphatic carboxylic acids is 2. The van der Waals surface area contributed by atoms with Gasteiger partial charge < -0.3 is 21.6 Å². The molecule has 6 unspecified atom stereocenters. The average Bonchev–Trinajstić information content (AvgIpc) is 4.19. The van der Waals surface area contributed by atoms with Gasteiger partial charge in [-0.15, -0.1) is 0 Å². The van der Waals surface area contributed by atoms with Gasteiger partial charge in [-0.3, -0.25) is 4.79 Å². The second-order valence-corrected chi connectivity index (χ2v) is 22.0. The molecule has 6 aromatic rings. The van der Waals surface area contributed by atoms with Crippen LogP contribution in [0.15, 0.2) is 116 Å². The molecule has 6 amide bonds. The number of hydrogen-bond acceptors (Lipinski definition) is 13. The van der Waals surface area contributed by atoms with E-state index in [4.69, 9.17) is 24.7 Å². The van der Waals surface area contributed by atoms with Crippen LogP contribution in [-0.4, -0.2) is 146 Å². The number of hydrogen-bond donors (Lipinski definition) is 14. The van der Waals surface area contributed by atoms with Gasteiger partial charge in [0, 0.05) is 5.52 Å². The van der Waals surface area contributed by atoms with Crippen molar-refractivity contribution in [1.82, 2.24) is 41.9 Å². The summed E-state index contributed by atoms with van der Waals surface area (Å²) in [6.07, 6.45) is 4.17. The van der Waals surface area contributed by atoms with Gasteiger partial charge in [0.25, 0.3) is 0 Å². The summed E-state index contributed by atoms with van der Waals surface area (Å²) in [5.41, 5.74) is 20.8. The van der Waals surface area contributed by atoms with Crippen molar-refractivity contribution in [3.05, 3.63) is 138 Å². The van der Waals surface area contributed by atoms with Gasteiger partial charge in [-0.05, 0) is 18.1 Å². The molecular formula is C59H73BN11O11S. The molecule has 83 heavy (non-hydrogen) atoms. The second kappa shape index (κ2) is 31.1. The predicted molar refractivity (Wildman–Crippen MR) is 319 cm³/mol. The summed E-state index contributed by atoms with van der Waals surface area (Å²) in [7, 11) is 6.77. The quantitative estimate of drug-likeness (QED) is 0.0432. The van der Waals surface area contributed by atoms with Crippen molar-refractivity contribution in [3.63, 3.8) is 0 Å². The van der Waals surface area contributed by atoms with Crippen LogP contribution in [0.3, 0.4) is 0 Å². The van der Waals surface area contributed by atoms with Crippen molar-refractivity contribution < 1.29 is 53.7 Å². The number of carbonyl (C=O) groups is 8. The number of nitrogens with two attached hydrogens (primary N) is 3. The second-order valence-electron chi connectivity index (χ2n) is 20.7. The standard InChI is InChI=1S/C50H61BN9O10S.C9H12N2O/c1-27(2)43-48(66)58-39(47(65)59-40(49(67)68)23-30-26-54-35-12-6-4-10-33(30)35)24-41(50(69)70)71-20-18-42(62)55-37(21-28-14-16-31(61)17-15-28)45(63)57-38(22-29-25-53-34-11-5-3-9-32(29)34)46(64)56-36(44(51)60-43)13-7-8-19-52;10-8(9(11)12)6-7-4-2-1-3-5-7/h3-6,9-12,14-17,25-27,36-41,43,53-54,60-61H,7-8,13,18-24,52H2,1-2H3,(H,55,62)(H,56,64)(H,57,63)(H,58,66)(H,59,65)(H,67,68)(H,69,70);1-5,8H,6,10H2,(H2,11,12)/t36?,37?,38-,39+,40?,41?,43?;/m1./s1. The number of carboxylic acid groups (broad SMARTS) is 2. The third kappa shape index (κ3) is 19.0. The van der Waals surface area contributed by atoms with Gasteiger partial charge in [0.15, 0.2) is 0 Å². The number of benzene rings is 4. The van der Waals surface area contributed by atoms with Gasteiger partial charge in [0.2, 0.25) is 5.91 Å². The number of unbranched alkanes of at least 4 members (excludes halogenated alkanes) is 1. The molecule has 0 spiro atoms. The molecule has 0 saturated carbocycles. The summed E-state index contributed by atoms with van der Waals surface area (Å²) in [6, 6.07) is 22.0. The number of aromatic nitrogens is 2. The van der Waals surface area contributed by atoms with Gasteiger partial charge in [-0.2, -0.15) is 0 Å². The number of phenolic OH excluding ortho intramolecular Hbond substituents is 1. The Kier molecular flexibility index (Phi) is 23.9. The summed E-state index contributed by atoms with van der Waals surface area (Å²) in [6.45, 7) is 3.76. The number of carboxylic acids is 2. The fourth-order valence-corrected chi connectivity index (χ4v) is 10.5. The predicted octanol–water partition coefficient (Wildman–Crippen LogP) is 1.95. The van der Waals surface area contributed by atoms with Crippen LogP contribution in [-0.2, 0) is 64.0 Å². The molecule has 2 aromatic heterocycles. The first kappa shape index (κ1) is 63.7. The number of phenols is 1. The topological polar surface area (TPSA) is 379 Å². The van der Waals surface area contributed by atoms with Crippen molar-refractivity contribution >= 4 is 94.0 Å². The number of para-hydroxylation sites is 2. The molecule has 0 aliphatic carbocycles. The molecule has 439 valence electrons. The monoisotopic (exact) mass is 1150 g/mol. The van der Waals surface area contributed by atoms with Crippen molar-refractivity contribution in [1.29, 1.82) is 0 Å². The van der Waals surface area contributed by atoms with E-state index >= 15 is 0 Å². The number of H-pyrrole nitrogens is 2. The Morgan fingerprint density at radius 3 is 1.89 bits per heavy atom. The molecule has 3 heterocycles. The minimum absolute atomic E-state index is 0.00251. The third-order valence-electron chi connectivity index (χ3n) is 14.1. The summed E-state index contributed by atoms with van der Waals surface area (Å²) in [5, 5.41) is 47.7. The van der Waals surface area contributed by atoms with Crippen LogP contribution < -0.4 is 49.1 Å². The molecule has 1 radical (unpaired) electrons. The normalized spacial score (nSPS) is 20.3. The SMILES string of the molecule is NC(=O)C(N)Cc1ccccc1.[B]=C1NC(C(C)C)C(=O)N[C@H](C(=O)NC(Cc2c[nH]c3ccccc23)C(=O)O)CC(C(=O)O)SCCC(=O)NC(Cc2ccc(O)cc2)C(=O)N[C@H](Cc2c[nH]c3ccccc23)C(=O)NC1CCCCN. The zero-order valence-corrected chi connectivity index (χ0v) is 47.1. The molecule has 17 N–H and O–H groups in total. The Morgan fingerprint density at radius 2 is 1.29 bits per heavy atom. The van der Waals surface area contributed by atoms with E-state index < -0.39 is 107 Å². The van der Waals surface area contributed by atoms with Crippen LogP contribution in [0.2, 0.25) is 0 Å². The fraction of sp³-hybridized carbons (Fsp3) is 0.373. The number of fused-ring (bicyclic) bond motifs is 2. The van der Waals surface area contributed by atoms with Gasteiger partial charge in [0.1, 0.15) is 5.75 Å². The summed E-state index contributed by atoms with van der Waals surface area (Å²) >= 11 is 0.819. The van der Waals surface area contributed by atoms with Crippen LogP contribution in [0, 0.1) is 5.92 Å². The van der Waals surface area contributed by atoms with E-state index in [0.29, 0.717) is 42.5 Å². The van der Waals surface area contributed by atoms with Gasteiger partial charge in [-0.25, -0.2) is 0 Å². The Hall–Kier alpha value is -8.48. The molecule has 8 atom stereocenters. The zero-order chi connectivity index (χ0) is 60.2.